The lowest BCUT2D eigenvalue weighted by atomic mass is 10.1. The standard InChI is InChI=1S/C24H26BrN3OS/c1-16-10-11-22(17(2)12-16)28-18(3)21(24(25)19(28)4)13-26-27-23(29)15-30-14-20-8-6-5-7-9-20/h5-13H,14-15H2,1-4H3,(H,27,29)/b26-13-. The van der Waals surface area contributed by atoms with Gasteiger partial charge < -0.3 is 4.57 Å². The predicted molar refractivity (Wildman–Crippen MR) is 131 cm³/mol. The molecule has 6 heteroatoms. The fourth-order valence-corrected chi connectivity index (χ4v) is 4.78. The molecule has 0 saturated heterocycles. The van der Waals surface area contributed by atoms with E-state index in [2.05, 4.69) is 89.1 Å². The topological polar surface area (TPSA) is 46.4 Å². The van der Waals surface area contributed by atoms with Crippen LogP contribution in [0.4, 0.5) is 0 Å². The van der Waals surface area contributed by atoms with Crippen molar-refractivity contribution < 1.29 is 4.79 Å². The number of hydrogen-bond donors (Lipinski definition) is 1. The zero-order valence-electron chi connectivity index (χ0n) is 17.7. The molecule has 156 valence electrons. The van der Waals surface area contributed by atoms with E-state index >= 15 is 0 Å². The molecule has 1 aromatic heterocycles. The molecule has 0 aliphatic rings. The number of aromatic nitrogens is 1. The second-order valence-electron chi connectivity index (χ2n) is 7.30. The van der Waals surface area contributed by atoms with Crippen molar-refractivity contribution in [2.75, 3.05) is 5.75 Å². The molecular weight excluding hydrogens is 458 g/mol. The summed E-state index contributed by atoms with van der Waals surface area (Å²) in [5.74, 6) is 1.07. The van der Waals surface area contributed by atoms with Gasteiger partial charge in [0.05, 0.1) is 12.0 Å². The first-order chi connectivity index (χ1) is 14.4. The number of carbonyl (C=O) groups is 1. The third kappa shape index (κ3) is 5.24. The summed E-state index contributed by atoms with van der Waals surface area (Å²) in [5, 5.41) is 4.19. The lowest BCUT2D eigenvalue weighted by Gasteiger charge is -2.13. The van der Waals surface area contributed by atoms with Crippen LogP contribution >= 0.6 is 27.7 Å². The highest BCUT2D eigenvalue weighted by Crippen LogP contribution is 2.30. The van der Waals surface area contributed by atoms with Crippen molar-refractivity contribution in [1.82, 2.24) is 9.99 Å². The van der Waals surface area contributed by atoms with E-state index < -0.39 is 0 Å². The maximum absolute atomic E-state index is 12.1. The number of carbonyl (C=O) groups excluding carboxylic acids is 1. The highest BCUT2D eigenvalue weighted by Gasteiger charge is 2.17. The van der Waals surface area contributed by atoms with Gasteiger partial charge >= 0.3 is 0 Å². The van der Waals surface area contributed by atoms with E-state index in [1.54, 1.807) is 18.0 Å². The Bertz CT molecular complexity index is 1070. The van der Waals surface area contributed by atoms with Gasteiger partial charge in [0.2, 0.25) is 5.91 Å². The number of halogens is 1. The largest absolute Gasteiger partial charge is 0.316 e. The van der Waals surface area contributed by atoms with Crippen LogP contribution in [-0.2, 0) is 10.5 Å². The van der Waals surface area contributed by atoms with E-state index in [1.165, 1.54) is 16.7 Å². The molecule has 0 unspecified atom stereocenters. The molecule has 30 heavy (non-hydrogen) atoms. The normalized spacial score (nSPS) is 11.2. The van der Waals surface area contributed by atoms with Gasteiger partial charge in [0.1, 0.15) is 0 Å². The zero-order chi connectivity index (χ0) is 21.7. The summed E-state index contributed by atoms with van der Waals surface area (Å²) < 4.78 is 3.20. The Labute approximate surface area is 190 Å². The molecule has 0 atom stereocenters. The third-order valence-electron chi connectivity index (χ3n) is 4.94. The van der Waals surface area contributed by atoms with E-state index in [-0.39, 0.29) is 5.91 Å². The van der Waals surface area contributed by atoms with Crippen molar-refractivity contribution in [3.63, 3.8) is 0 Å². The first kappa shape index (κ1) is 22.4. The third-order valence-corrected chi connectivity index (χ3v) is 6.94. The van der Waals surface area contributed by atoms with Gasteiger partial charge in [0, 0.05) is 32.9 Å². The first-order valence-electron chi connectivity index (χ1n) is 9.77. The number of nitrogens with zero attached hydrogens (tertiary/aromatic N) is 2. The fraction of sp³-hybridized carbons (Fsp3) is 0.250. The molecule has 0 aliphatic carbocycles. The van der Waals surface area contributed by atoms with E-state index in [0.29, 0.717) is 5.75 Å². The highest BCUT2D eigenvalue weighted by atomic mass is 79.9. The molecule has 0 bridgehead atoms. The van der Waals surface area contributed by atoms with E-state index in [1.807, 2.05) is 18.2 Å². The molecule has 0 spiro atoms. The minimum absolute atomic E-state index is 0.105. The molecule has 0 radical (unpaired) electrons. The van der Waals surface area contributed by atoms with Gasteiger partial charge in [0.25, 0.3) is 0 Å². The van der Waals surface area contributed by atoms with Gasteiger partial charge in [-0.15, -0.1) is 11.8 Å². The molecule has 0 fully saturated rings. The first-order valence-corrected chi connectivity index (χ1v) is 11.7. The summed E-state index contributed by atoms with van der Waals surface area (Å²) in [4.78, 5) is 12.1. The Kier molecular flexibility index (Phi) is 7.56. The average Bonchev–Trinajstić information content (AvgIpc) is 2.92. The Morgan fingerprint density at radius 1 is 1.10 bits per heavy atom. The Hall–Kier alpha value is -2.31. The molecular formula is C24H26BrN3OS. The monoisotopic (exact) mass is 483 g/mol. The predicted octanol–water partition coefficient (Wildman–Crippen LogP) is 5.86. The summed E-state index contributed by atoms with van der Waals surface area (Å²) in [6.07, 6.45) is 1.71. The number of hydrogen-bond acceptors (Lipinski definition) is 3. The number of aryl methyl sites for hydroxylation is 2. The van der Waals surface area contributed by atoms with E-state index in [4.69, 9.17) is 0 Å². The van der Waals surface area contributed by atoms with Gasteiger partial charge in [0.15, 0.2) is 0 Å². The van der Waals surface area contributed by atoms with Gasteiger partial charge in [-0.25, -0.2) is 5.43 Å². The number of rotatable bonds is 7. The SMILES string of the molecule is Cc1ccc(-n2c(C)c(Br)c(/C=N\NC(=O)CSCc3ccccc3)c2C)c(C)c1. The van der Waals surface area contributed by atoms with Crippen LogP contribution in [0.15, 0.2) is 58.1 Å². The Balaban J connectivity index is 1.66. The summed E-state index contributed by atoms with van der Waals surface area (Å²) >= 11 is 5.27. The van der Waals surface area contributed by atoms with Crippen LogP contribution < -0.4 is 5.43 Å². The summed E-state index contributed by atoms with van der Waals surface area (Å²) in [5.41, 5.74) is 10.6. The number of thioether (sulfide) groups is 1. The van der Waals surface area contributed by atoms with Crippen LogP contribution in [0, 0.1) is 27.7 Å². The molecule has 1 N–H and O–H groups in total. The van der Waals surface area contributed by atoms with Gasteiger partial charge in [-0.3, -0.25) is 4.79 Å². The lowest BCUT2D eigenvalue weighted by molar-refractivity contribution is -0.118. The Morgan fingerprint density at radius 3 is 2.53 bits per heavy atom. The number of hydrazone groups is 1. The number of nitrogens with one attached hydrogen (secondary N) is 1. The molecule has 4 nitrogen and oxygen atoms in total. The van der Waals surface area contributed by atoms with Crippen molar-refractivity contribution in [2.45, 2.75) is 33.4 Å². The van der Waals surface area contributed by atoms with Crippen molar-refractivity contribution in [2.24, 2.45) is 5.10 Å². The minimum Gasteiger partial charge on any atom is -0.316 e. The second-order valence-corrected chi connectivity index (χ2v) is 9.07. The maximum Gasteiger partial charge on any atom is 0.250 e. The van der Waals surface area contributed by atoms with E-state index in [0.717, 1.165) is 32.9 Å². The summed E-state index contributed by atoms with van der Waals surface area (Å²) in [6, 6.07) is 16.6. The van der Waals surface area contributed by atoms with Crippen LogP contribution in [-0.4, -0.2) is 22.4 Å². The second kappa shape index (κ2) is 10.1. The van der Waals surface area contributed by atoms with Crippen LogP contribution in [0.25, 0.3) is 5.69 Å². The van der Waals surface area contributed by atoms with Crippen molar-refractivity contribution in [3.8, 4) is 5.69 Å². The molecule has 1 heterocycles. The average molecular weight is 484 g/mol. The molecule has 3 aromatic rings. The van der Waals surface area contributed by atoms with Crippen molar-refractivity contribution in [3.05, 3.63) is 86.6 Å². The molecule has 1 amide bonds. The van der Waals surface area contributed by atoms with Crippen molar-refractivity contribution >= 4 is 39.8 Å². The van der Waals surface area contributed by atoms with Gasteiger partial charge in [-0.1, -0.05) is 48.0 Å². The van der Waals surface area contributed by atoms with Crippen LogP contribution in [0.2, 0.25) is 0 Å². The molecule has 2 aromatic carbocycles. The number of benzene rings is 2. The van der Waals surface area contributed by atoms with Gasteiger partial charge in [-0.2, -0.15) is 5.10 Å². The smallest absolute Gasteiger partial charge is 0.250 e. The van der Waals surface area contributed by atoms with E-state index in [9.17, 15) is 4.79 Å². The van der Waals surface area contributed by atoms with Gasteiger partial charge in [-0.05, 0) is 60.8 Å². The fourth-order valence-electron chi connectivity index (χ4n) is 3.43. The van der Waals surface area contributed by atoms with Crippen LogP contribution in [0.3, 0.4) is 0 Å². The quantitative estimate of drug-likeness (QED) is 0.338. The van der Waals surface area contributed by atoms with Crippen LogP contribution in [0.5, 0.6) is 0 Å². The zero-order valence-corrected chi connectivity index (χ0v) is 20.1. The highest BCUT2D eigenvalue weighted by molar-refractivity contribution is 9.10. The molecule has 3 rings (SSSR count). The van der Waals surface area contributed by atoms with Crippen LogP contribution in [0.1, 0.15) is 33.6 Å². The maximum atomic E-state index is 12.1. The summed E-state index contributed by atoms with van der Waals surface area (Å²) in [6.45, 7) is 8.36. The summed E-state index contributed by atoms with van der Waals surface area (Å²) in [7, 11) is 0. The minimum atomic E-state index is -0.105. The number of amides is 1. The Morgan fingerprint density at radius 2 is 1.83 bits per heavy atom. The lowest BCUT2D eigenvalue weighted by Crippen LogP contribution is -2.19. The molecule has 0 aliphatic heterocycles. The van der Waals surface area contributed by atoms with Crippen molar-refractivity contribution in [1.29, 1.82) is 0 Å². The molecule has 0 saturated carbocycles.